The Bertz CT molecular complexity index is 1120. The van der Waals surface area contributed by atoms with E-state index in [1.807, 2.05) is 36.4 Å². The summed E-state index contributed by atoms with van der Waals surface area (Å²) in [5.74, 6) is -0.329. The van der Waals surface area contributed by atoms with Gasteiger partial charge >= 0.3 is 11.9 Å². The molecule has 0 saturated carbocycles. The second-order valence-electron chi connectivity index (χ2n) is 15.6. The lowest BCUT2D eigenvalue weighted by Crippen LogP contribution is -2.33. The van der Waals surface area contributed by atoms with Gasteiger partial charge in [-0.15, -0.1) is 0 Å². The second kappa shape index (κ2) is 32.5. The maximum atomic E-state index is 13.2. The molecule has 0 amide bonds. The van der Waals surface area contributed by atoms with Crippen molar-refractivity contribution in [2.24, 2.45) is 0 Å². The van der Waals surface area contributed by atoms with Gasteiger partial charge < -0.3 is 9.47 Å². The molecule has 0 heterocycles. The highest BCUT2D eigenvalue weighted by Gasteiger charge is 2.17. The maximum Gasteiger partial charge on any atom is 0.320 e. The SMILES string of the molecule is CCCCCCCCN(CCCCCCC)CC(=O)OCc1ccccc1-c1ccccc1COC(=O)CN(CCCCCCC)CCCCCCCC. The third-order valence-corrected chi connectivity index (χ3v) is 10.6. The normalized spacial score (nSPS) is 11.4. The summed E-state index contributed by atoms with van der Waals surface area (Å²) in [5.41, 5.74) is 3.93. The van der Waals surface area contributed by atoms with Crippen molar-refractivity contribution in [2.75, 3.05) is 39.3 Å². The van der Waals surface area contributed by atoms with Gasteiger partial charge in [-0.05, 0) is 74.1 Å². The molecule has 0 aliphatic carbocycles. The molecule has 0 saturated heterocycles. The van der Waals surface area contributed by atoms with Crippen LogP contribution in [0.1, 0.15) is 180 Å². The number of benzene rings is 2. The molecule has 2 aromatic rings. The van der Waals surface area contributed by atoms with E-state index < -0.39 is 0 Å². The molecular weight excluding hydrogens is 669 g/mol. The van der Waals surface area contributed by atoms with Crippen LogP contribution in [0.4, 0.5) is 0 Å². The first-order valence-electron chi connectivity index (χ1n) is 22.4. The second-order valence-corrected chi connectivity index (χ2v) is 15.6. The average molecular weight is 749 g/mol. The number of ether oxygens (including phenoxy) is 2. The van der Waals surface area contributed by atoms with Gasteiger partial charge in [0.2, 0.25) is 0 Å². The van der Waals surface area contributed by atoms with Gasteiger partial charge in [-0.3, -0.25) is 19.4 Å². The number of nitrogens with zero attached hydrogens (tertiary/aromatic N) is 2. The Hall–Kier alpha value is -2.70. The minimum atomic E-state index is -0.164. The van der Waals surface area contributed by atoms with E-state index >= 15 is 0 Å². The fourth-order valence-corrected chi connectivity index (χ4v) is 7.24. The Morgan fingerprint density at radius 2 is 0.685 bits per heavy atom. The lowest BCUT2D eigenvalue weighted by molar-refractivity contribution is -0.147. The topological polar surface area (TPSA) is 59.1 Å². The molecule has 0 N–H and O–H groups in total. The predicted molar refractivity (Wildman–Crippen MR) is 229 cm³/mol. The van der Waals surface area contributed by atoms with Crippen molar-refractivity contribution in [3.8, 4) is 11.1 Å². The molecule has 0 aromatic heterocycles. The number of rotatable bonds is 35. The zero-order valence-electron chi connectivity index (χ0n) is 35.4. The summed E-state index contributed by atoms with van der Waals surface area (Å²) in [6.07, 6.45) is 27.3. The molecule has 0 fully saturated rings. The number of esters is 2. The van der Waals surface area contributed by atoms with Crippen LogP contribution in [0.3, 0.4) is 0 Å². The molecule has 6 heteroatoms. The molecule has 306 valence electrons. The van der Waals surface area contributed by atoms with E-state index in [1.54, 1.807) is 0 Å². The van der Waals surface area contributed by atoms with E-state index in [0.29, 0.717) is 13.1 Å². The number of hydrogen-bond donors (Lipinski definition) is 0. The van der Waals surface area contributed by atoms with Crippen LogP contribution in [0.2, 0.25) is 0 Å². The standard InChI is InChI=1S/C48H80N2O4/c1-5-9-13-17-21-29-37-49(35-27-19-15-11-7-3)39-47(51)53-41-43-31-23-25-33-45(43)46-34-26-24-32-44(46)42-54-48(52)40-50(36-28-20-16-12-8-4)38-30-22-18-14-10-6-2/h23-26,31-34H,5-22,27-30,35-42H2,1-4H3. The van der Waals surface area contributed by atoms with Crippen molar-refractivity contribution in [3.05, 3.63) is 59.7 Å². The maximum absolute atomic E-state index is 13.2. The minimum absolute atomic E-state index is 0.164. The molecule has 2 rings (SSSR count). The van der Waals surface area contributed by atoms with Crippen LogP contribution in [0.15, 0.2) is 48.5 Å². The minimum Gasteiger partial charge on any atom is -0.460 e. The highest BCUT2D eigenvalue weighted by molar-refractivity contribution is 5.74. The summed E-state index contributed by atoms with van der Waals surface area (Å²) >= 11 is 0. The molecule has 0 unspecified atom stereocenters. The third kappa shape index (κ3) is 22.6. The van der Waals surface area contributed by atoms with Crippen molar-refractivity contribution < 1.29 is 19.1 Å². The van der Waals surface area contributed by atoms with Crippen LogP contribution in [0, 0.1) is 0 Å². The summed E-state index contributed by atoms with van der Waals surface area (Å²) in [7, 11) is 0. The zero-order valence-corrected chi connectivity index (χ0v) is 35.4. The number of carbonyl (C=O) groups is 2. The summed E-state index contributed by atoms with van der Waals surface area (Å²) in [6, 6.07) is 16.3. The van der Waals surface area contributed by atoms with Crippen molar-refractivity contribution in [3.63, 3.8) is 0 Å². The highest BCUT2D eigenvalue weighted by atomic mass is 16.5. The zero-order chi connectivity index (χ0) is 38.9. The number of unbranched alkanes of at least 4 members (excludes halogenated alkanes) is 18. The Morgan fingerprint density at radius 1 is 0.407 bits per heavy atom. The van der Waals surface area contributed by atoms with E-state index in [9.17, 15) is 9.59 Å². The van der Waals surface area contributed by atoms with Crippen LogP contribution in [0.5, 0.6) is 0 Å². The number of carbonyl (C=O) groups excluding carboxylic acids is 2. The first kappa shape index (κ1) is 47.5. The van der Waals surface area contributed by atoms with E-state index in [0.717, 1.165) is 74.1 Å². The predicted octanol–water partition coefficient (Wildman–Crippen LogP) is 12.7. The average Bonchev–Trinajstić information content (AvgIpc) is 3.18. The highest BCUT2D eigenvalue weighted by Crippen LogP contribution is 2.28. The van der Waals surface area contributed by atoms with Gasteiger partial charge in [0.25, 0.3) is 0 Å². The Kier molecular flexibility index (Phi) is 28.6. The molecule has 2 aromatic carbocycles. The van der Waals surface area contributed by atoms with Gasteiger partial charge in [-0.25, -0.2) is 0 Å². The van der Waals surface area contributed by atoms with Crippen LogP contribution in [0.25, 0.3) is 11.1 Å². The molecule has 0 spiro atoms. The quantitative estimate of drug-likeness (QED) is 0.0517. The van der Waals surface area contributed by atoms with E-state index in [4.69, 9.17) is 9.47 Å². The summed E-state index contributed by atoms with van der Waals surface area (Å²) in [4.78, 5) is 31.1. The van der Waals surface area contributed by atoms with Gasteiger partial charge in [0.15, 0.2) is 0 Å². The lowest BCUT2D eigenvalue weighted by Gasteiger charge is -2.22. The van der Waals surface area contributed by atoms with E-state index in [-0.39, 0.29) is 25.2 Å². The molecule has 0 atom stereocenters. The van der Waals surface area contributed by atoms with Crippen LogP contribution >= 0.6 is 0 Å². The van der Waals surface area contributed by atoms with Gasteiger partial charge in [-0.2, -0.15) is 0 Å². The van der Waals surface area contributed by atoms with E-state index in [2.05, 4.69) is 49.6 Å². The van der Waals surface area contributed by atoms with Crippen LogP contribution in [-0.4, -0.2) is 61.0 Å². The van der Waals surface area contributed by atoms with Crippen molar-refractivity contribution >= 4 is 11.9 Å². The molecule has 6 nitrogen and oxygen atoms in total. The van der Waals surface area contributed by atoms with Crippen LogP contribution in [-0.2, 0) is 32.3 Å². The summed E-state index contributed by atoms with van der Waals surface area (Å²) in [6.45, 7) is 13.9. The Morgan fingerprint density at radius 3 is 1.00 bits per heavy atom. The fraction of sp³-hybridized carbons (Fsp3) is 0.708. The lowest BCUT2D eigenvalue weighted by atomic mass is 9.96. The van der Waals surface area contributed by atoms with Gasteiger partial charge in [0.1, 0.15) is 13.2 Å². The fourth-order valence-electron chi connectivity index (χ4n) is 7.24. The monoisotopic (exact) mass is 749 g/mol. The smallest absolute Gasteiger partial charge is 0.320 e. The number of hydrogen-bond acceptors (Lipinski definition) is 6. The largest absolute Gasteiger partial charge is 0.460 e. The molecule has 0 aliphatic rings. The molecule has 0 aliphatic heterocycles. The Balaban J connectivity index is 1.99. The summed E-state index contributed by atoms with van der Waals surface area (Å²) < 4.78 is 11.9. The van der Waals surface area contributed by atoms with Crippen LogP contribution < -0.4 is 0 Å². The molecule has 54 heavy (non-hydrogen) atoms. The molecule has 0 radical (unpaired) electrons. The van der Waals surface area contributed by atoms with Gasteiger partial charge in [-0.1, -0.05) is 192 Å². The molecular formula is C48H80N2O4. The van der Waals surface area contributed by atoms with Gasteiger partial charge in [0.05, 0.1) is 13.1 Å². The van der Waals surface area contributed by atoms with Crippen molar-refractivity contribution in [1.29, 1.82) is 0 Å². The first-order valence-corrected chi connectivity index (χ1v) is 22.4. The van der Waals surface area contributed by atoms with Crippen molar-refractivity contribution in [2.45, 2.75) is 182 Å². The third-order valence-electron chi connectivity index (χ3n) is 10.6. The van der Waals surface area contributed by atoms with Gasteiger partial charge in [0, 0.05) is 0 Å². The van der Waals surface area contributed by atoms with Crippen molar-refractivity contribution in [1.82, 2.24) is 9.80 Å². The molecule has 0 bridgehead atoms. The van der Waals surface area contributed by atoms with E-state index in [1.165, 1.54) is 116 Å². The summed E-state index contributed by atoms with van der Waals surface area (Å²) in [5, 5.41) is 0. The first-order chi connectivity index (χ1) is 26.5. The Labute approximate surface area is 332 Å².